The second-order valence-corrected chi connectivity index (χ2v) is 2.82. The van der Waals surface area contributed by atoms with E-state index in [9.17, 15) is 5.11 Å². The zero-order valence-corrected chi connectivity index (χ0v) is 7.48. The van der Waals surface area contributed by atoms with E-state index in [0.29, 0.717) is 5.75 Å². The number of para-hydroxylation sites is 1. The highest BCUT2D eigenvalue weighted by Gasteiger charge is 1.96. The minimum atomic E-state index is 0.0841. The largest absolute Gasteiger partial charge is 0.508 e. The SMILES string of the molecule is OC/C=C/CCc1ccccc1O. The lowest BCUT2D eigenvalue weighted by molar-refractivity contribution is 0.342. The van der Waals surface area contributed by atoms with E-state index in [1.54, 1.807) is 12.1 Å². The molecule has 0 spiro atoms. The predicted molar refractivity (Wildman–Crippen MR) is 52.7 cm³/mol. The molecule has 0 heterocycles. The number of allylic oxidation sites excluding steroid dienone is 1. The van der Waals surface area contributed by atoms with Gasteiger partial charge in [0.05, 0.1) is 6.61 Å². The molecule has 2 N–H and O–H groups in total. The van der Waals surface area contributed by atoms with Crippen LogP contribution in [0.5, 0.6) is 5.75 Å². The molecule has 0 fully saturated rings. The van der Waals surface area contributed by atoms with E-state index in [2.05, 4.69) is 0 Å². The Hall–Kier alpha value is -1.28. The van der Waals surface area contributed by atoms with E-state index in [-0.39, 0.29) is 6.61 Å². The summed E-state index contributed by atoms with van der Waals surface area (Å²) in [5, 5.41) is 17.9. The highest BCUT2D eigenvalue weighted by molar-refractivity contribution is 5.31. The Balaban J connectivity index is 2.45. The van der Waals surface area contributed by atoms with Gasteiger partial charge in [0.1, 0.15) is 5.75 Å². The standard InChI is InChI=1S/C11H14O2/c12-9-5-1-2-6-10-7-3-4-8-11(10)13/h1,3-5,7-8,12-13H,2,6,9H2/b5-1+. The van der Waals surface area contributed by atoms with Crippen LogP contribution in [0.25, 0.3) is 0 Å². The van der Waals surface area contributed by atoms with Gasteiger partial charge in [-0.1, -0.05) is 30.4 Å². The smallest absolute Gasteiger partial charge is 0.118 e. The number of aliphatic hydroxyl groups excluding tert-OH is 1. The molecule has 0 saturated carbocycles. The van der Waals surface area contributed by atoms with Crippen molar-refractivity contribution in [2.75, 3.05) is 6.61 Å². The minimum absolute atomic E-state index is 0.0841. The van der Waals surface area contributed by atoms with Crippen molar-refractivity contribution in [2.45, 2.75) is 12.8 Å². The molecule has 1 aromatic carbocycles. The summed E-state index contributed by atoms with van der Waals surface area (Å²) in [7, 11) is 0. The number of benzene rings is 1. The van der Waals surface area contributed by atoms with Gasteiger partial charge in [-0.15, -0.1) is 0 Å². The fourth-order valence-electron chi connectivity index (χ4n) is 1.15. The Labute approximate surface area is 78.2 Å². The highest BCUT2D eigenvalue weighted by atomic mass is 16.3. The molecule has 0 unspecified atom stereocenters. The fourth-order valence-corrected chi connectivity index (χ4v) is 1.15. The van der Waals surface area contributed by atoms with Crippen molar-refractivity contribution in [2.24, 2.45) is 0 Å². The Morgan fingerprint density at radius 2 is 1.92 bits per heavy atom. The number of phenolic OH excluding ortho intramolecular Hbond substituents is 1. The van der Waals surface area contributed by atoms with Gasteiger partial charge in [0.25, 0.3) is 0 Å². The summed E-state index contributed by atoms with van der Waals surface area (Å²) in [5.74, 6) is 0.347. The summed E-state index contributed by atoms with van der Waals surface area (Å²) in [6.45, 7) is 0.0841. The Kier molecular flexibility index (Phi) is 4.06. The number of hydrogen-bond acceptors (Lipinski definition) is 2. The third kappa shape index (κ3) is 3.30. The first kappa shape index (κ1) is 9.81. The van der Waals surface area contributed by atoms with Crippen molar-refractivity contribution in [1.29, 1.82) is 0 Å². The number of aliphatic hydroxyl groups is 1. The molecule has 0 amide bonds. The molecule has 0 saturated heterocycles. The van der Waals surface area contributed by atoms with E-state index < -0.39 is 0 Å². The van der Waals surface area contributed by atoms with Crippen molar-refractivity contribution in [3.8, 4) is 5.75 Å². The maximum absolute atomic E-state index is 9.39. The number of phenols is 1. The molecular weight excluding hydrogens is 164 g/mol. The predicted octanol–water partition coefficient (Wildman–Crippen LogP) is 1.87. The number of aromatic hydroxyl groups is 1. The normalized spacial score (nSPS) is 10.8. The summed E-state index contributed by atoms with van der Waals surface area (Å²) in [5.41, 5.74) is 0.949. The molecule has 0 radical (unpaired) electrons. The lowest BCUT2D eigenvalue weighted by Crippen LogP contribution is -1.83. The summed E-state index contributed by atoms with van der Waals surface area (Å²) in [6, 6.07) is 7.31. The molecule has 0 aliphatic heterocycles. The first-order valence-corrected chi connectivity index (χ1v) is 4.37. The molecule has 2 nitrogen and oxygen atoms in total. The minimum Gasteiger partial charge on any atom is -0.508 e. The first-order valence-electron chi connectivity index (χ1n) is 4.37. The first-order chi connectivity index (χ1) is 6.34. The van der Waals surface area contributed by atoms with Gasteiger partial charge in [-0.3, -0.25) is 0 Å². The van der Waals surface area contributed by atoms with Crippen molar-refractivity contribution in [1.82, 2.24) is 0 Å². The lowest BCUT2D eigenvalue weighted by atomic mass is 10.1. The van der Waals surface area contributed by atoms with Gasteiger partial charge in [-0.05, 0) is 24.5 Å². The van der Waals surface area contributed by atoms with Crippen LogP contribution in [-0.4, -0.2) is 16.8 Å². The number of aryl methyl sites for hydroxylation is 1. The van der Waals surface area contributed by atoms with Crippen molar-refractivity contribution < 1.29 is 10.2 Å². The second kappa shape index (κ2) is 5.38. The Morgan fingerprint density at radius 1 is 1.15 bits per heavy atom. The second-order valence-electron chi connectivity index (χ2n) is 2.82. The van der Waals surface area contributed by atoms with Gasteiger partial charge in [-0.25, -0.2) is 0 Å². The zero-order chi connectivity index (χ0) is 9.52. The van der Waals surface area contributed by atoms with Gasteiger partial charge in [-0.2, -0.15) is 0 Å². The van der Waals surface area contributed by atoms with Crippen LogP contribution in [0.4, 0.5) is 0 Å². The average molecular weight is 178 g/mol. The van der Waals surface area contributed by atoms with Gasteiger partial charge in [0, 0.05) is 0 Å². The molecule has 1 aromatic rings. The molecule has 0 aromatic heterocycles. The highest BCUT2D eigenvalue weighted by Crippen LogP contribution is 2.17. The third-order valence-corrected chi connectivity index (χ3v) is 1.84. The van der Waals surface area contributed by atoms with E-state index in [4.69, 9.17) is 5.11 Å². The van der Waals surface area contributed by atoms with E-state index in [1.807, 2.05) is 24.3 Å². The molecule has 0 aliphatic carbocycles. The van der Waals surface area contributed by atoms with Crippen LogP contribution in [0.3, 0.4) is 0 Å². The lowest BCUT2D eigenvalue weighted by Gasteiger charge is -2.00. The third-order valence-electron chi connectivity index (χ3n) is 1.84. The van der Waals surface area contributed by atoms with E-state index >= 15 is 0 Å². The maximum atomic E-state index is 9.39. The molecule has 0 aliphatic rings. The summed E-state index contributed by atoms with van der Waals surface area (Å²) in [4.78, 5) is 0. The van der Waals surface area contributed by atoms with Gasteiger partial charge in [0.15, 0.2) is 0 Å². The number of hydrogen-bond donors (Lipinski definition) is 2. The molecule has 2 heteroatoms. The van der Waals surface area contributed by atoms with E-state index in [1.165, 1.54) is 0 Å². The van der Waals surface area contributed by atoms with Crippen LogP contribution in [0.1, 0.15) is 12.0 Å². The topological polar surface area (TPSA) is 40.5 Å². The summed E-state index contributed by atoms with van der Waals surface area (Å²) < 4.78 is 0. The maximum Gasteiger partial charge on any atom is 0.118 e. The van der Waals surface area contributed by atoms with Gasteiger partial charge < -0.3 is 10.2 Å². The van der Waals surface area contributed by atoms with Crippen LogP contribution < -0.4 is 0 Å². The van der Waals surface area contributed by atoms with Crippen LogP contribution >= 0.6 is 0 Å². The van der Waals surface area contributed by atoms with Gasteiger partial charge >= 0.3 is 0 Å². The average Bonchev–Trinajstić information content (AvgIpc) is 2.15. The van der Waals surface area contributed by atoms with E-state index in [0.717, 1.165) is 18.4 Å². The van der Waals surface area contributed by atoms with Crippen LogP contribution in [0.2, 0.25) is 0 Å². The number of rotatable bonds is 4. The van der Waals surface area contributed by atoms with Crippen LogP contribution in [-0.2, 0) is 6.42 Å². The van der Waals surface area contributed by atoms with Crippen LogP contribution in [0, 0.1) is 0 Å². The molecule has 1 rings (SSSR count). The Morgan fingerprint density at radius 3 is 2.62 bits per heavy atom. The molecule has 70 valence electrons. The van der Waals surface area contributed by atoms with Crippen molar-refractivity contribution in [3.05, 3.63) is 42.0 Å². The molecule has 0 bridgehead atoms. The fraction of sp³-hybridized carbons (Fsp3) is 0.273. The Bertz CT molecular complexity index is 279. The summed E-state index contributed by atoms with van der Waals surface area (Å²) >= 11 is 0. The molecule has 13 heavy (non-hydrogen) atoms. The quantitative estimate of drug-likeness (QED) is 0.691. The summed E-state index contributed by atoms with van der Waals surface area (Å²) in [6.07, 6.45) is 5.27. The van der Waals surface area contributed by atoms with Gasteiger partial charge in [0.2, 0.25) is 0 Å². The van der Waals surface area contributed by atoms with Crippen molar-refractivity contribution >= 4 is 0 Å². The molecular formula is C11H14O2. The molecule has 0 atom stereocenters. The van der Waals surface area contributed by atoms with Crippen molar-refractivity contribution in [3.63, 3.8) is 0 Å². The monoisotopic (exact) mass is 178 g/mol. The van der Waals surface area contributed by atoms with Crippen LogP contribution in [0.15, 0.2) is 36.4 Å². The zero-order valence-electron chi connectivity index (χ0n) is 7.48.